The van der Waals surface area contributed by atoms with Crippen molar-refractivity contribution in [3.63, 3.8) is 0 Å². The van der Waals surface area contributed by atoms with E-state index in [0.717, 1.165) is 23.3 Å². The number of ether oxygens (including phenoxy) is 1. The fourth-order valence-corrected chi connectivity index (χ4v) is 2.07. The molecule has 0 atom stereocenters. The molecule has 21 heavy (non-hydrogen) atoms. The lowest BCUT2D eigenvalue weighted by molar-refractivity contribution is 0.412. The second-order valence-corrected chi connectivity index (χ2v) is 4.91. The highest BCUT2D eigenvalue weighted by Crippen LogP contribution is 2.26. The predicted octanol–water partition coefficient (Wildman–Crippen LogP) is 3.73. The molecule has 0 bridgehead atoms. The van der Waals surface area contributed by atoms with E-state index in [1.165, 1.54) is 0 Å². The minimum Gasteiger partial charge on any atom is -0.496 e. The van der Waals surface area contributed by atoms with Crippen LogP contribution in [0.5, 0.6) is 5.75 Å². The van der Waals surface area contributed by atoms with E-state index >= 15 is 0 Å². The van der Waals surface area contributed by atoms with Crippen molar-refractivity contribution >= 4 is 5.82 Å². The molecule has 0 amide bonds. The molecule has 1 aromatic heterocycles. The summed E-state index contributed by atoms with van der Waals surface area (Å²) >= 11 is 0. The number of anilines is 1. The van der Waals surface area contributed by atoms with Gasteiger partial charge in [0.25, 0.3) is 0 Å². The van der Waals surface area contributed by atoms with E-state index in [9.17, 15) is 4.39 Å². The Balaban J connectivity index is 2.43. The van der Waals surface area contributed by atoms with Crippen molar-refractivity contribution in [1.29, 1.82) is 0 Å². The summed E-state index contributed by atoms with van der Waals surface area (Å²) in [7, 11) is 1.63. The zero-order valence-corrected chi connectivity index (χ0v) is 12.8. The summed E-state index contributed by atoms with van der Waals surface area (Å²) in [6.07, 6.45) is 0.902. The van der Waals surface area contributed by atoms with Gasteiger partial charge in [-0.1, -0.05) is 6.92 Å². The van der Waals surface area contributed by atoms with Gasteiger partial charge in [0.05, 0.1) is 12.8 Å². The van der Waals surface area contributed by atoms with Crippen LogP contribution in [-0.4, -0.2) is 23.6 Å². The van der Waals surface area contributed by atoms with Crippen LogP contribution >= 0.6 is 0 Å². The molecular formula is C16H20FN3O. The fraction of sp³-hybridized carbons (Fsp3) is 0.375. The van der Waals surface area contributed by atoms with Gasteiger partial charge in [0.2, 0.25) is 0 Å². The summed E-state index contributed by atoms with van der Waals surface area (Å²) in [5.41, 5.74) is 2.17. The number of rotatable bonds is 5. The van der Waals surface area contributed by atoms with Crippen LogP contribution in [0.2, 0.25) is 0 Å². The zero-order chi connectivity index (χ0) is 15.4. The van der Waals surface area contributed by atoms with Crippen molar-refractivity contribution < 1.29 is 9.13 Å². The molecule has 2 aromatic rings. The third-order valence-electron chi connectivity index (χ3n) is 3.21. The van der Waals surface area contributed by atoms with Gasteiger partial charge >= 0.3 is 0 Å². The van der Waals surface area contributed by atoms with Gasteiger partial charge < -0.3 is 10.1 Å². The molecule has 0 fully saturated rings. The van der Waals surface area contributed by atoms with E-state index in [1.54, 1.807) is 14.0 Å². The molecule has 112 valence electrons. The monoisotopic (exact) mass is 289 g/mol. The average molecular weight is 289 g/mol. The Kier molecular flexibility index (Phi) is 4.73. The number of nitrogens with zero attached hydrogens (tertiary/aromatic N) is 2. The molecule has 0 unspecified atom stereocenters. The molecule has 1 heterocycles. The van der Waals surface area contributed by atoms with E-state index in [1.807, 2.05) is 32.0 Å². The molecule has 0 radical (unpaired) electrons. The highest BCUT2D eigenvalue weighted by atomic mass is 19.1. The van der Waals surface area contributed by atoms with Crippen molar-refractivity contribution in [2.24, 2.45) is 0 Å². The molecule has 1 aromatic carbocycles. The first-order chi connectivity index (χ1) is 10.1. The van der Waals surface area contributed by atoms with E-state index in [2.05, 4.69) is 15.3 Å². The van der Waals surface area contributed by atoms with Gasteiger partial charge in [0.1, 0.15) is 5.75 Å². The predicted molar refractivity (Wildman–Crippen MR) is 82.2 cm³/mol. The number of hydrogen-bond donors (Lipinski definition) is 1. The lowest BCUT2D eigenvalue weighted by Crippen LogP contribution is -2.08. The Morgan fingerprint density at radius 3 is 2.62 bits per heavy atom. The summed E-state index contributed by atoms with van der Waals surface area (Å²) < 4.78 is 19.3. The minimum absolute atomic E-state index is 0.257. The maximum atomic E-state index is 14.0. The Morgan fingerprint density at radius 2 is 2.00 bits per heavy atom. The zero-order valence-electron chi connectivity index (χ0n) is 12.8. The molecule has 0 spiro atoms. The molecule has 1 N–H and O–H groups in total. The van der Waals surface area contributed by atoms with Gasteiger partial charge in [-0.05, 0) is 44.0 Å². The minimum atomic E-state index is -0.391. The third kappa shape index (κ3) is 3.29. The van der Waals surface area contributed by atoms with Gasteiger partial charge in [-0.2, -0.15) is 0 Å². The first-order valence-corrected chi connectivity index (χ1v) is 6.99. The number of aromatic nitrogens is 2. The van der Waals surface area contributed by atoms with Gasteiger partial charge in [-0.15, -0.1) is 0 Å². The number of halogens is 1. The highest BCUT2D eigenvalue weighted by Gasteiger charge is 2.13. The van der Waals surface area contributed by atoms with Crippen LogP contribution in [0, 0.1) is 19.7 Å². The van der Waals surface area contributed by atoms with Crippen molar-refractivity contribution in [3.8, 4) is 17.1 Å². The van der Waals surface area contributed by atoms with Crippen LogP contribution < -0.4 is 10.1 Å². The standard InChI is InChI=1S/C16H20FN3O/c1-5-8-18-16-14(17)11(3)19-15(20-16)12-6-7-13(21-4)10(2)9-12/h6-7,9H,5,8H2,1-4H3,(H,18,19,20). The molecule has 0 aliphatic carbocycles. The third-order valence-corrected chi connectivity index (χ3v) is 3.21. The molecular weight excluding hydrogens is 269 g/mol. The molecule has 2 rings (SSSR count). The largest absolute Gasteiger partial charge is 0.496 e. The molecule has 4 nitrogen and oxygen atoms in total. The van der Waals surface area contributed by atoms with E-state index in [0.29, 0.717) is 18.1 Å². The number of methoxy groups -OCH3 is 1. The normalized spacial score (nSPS) is 10.5. The van der Waals surface area contributed by atoms with Crippen molar-refractivity contribution in [2.75, 3.05) is 19.0 Å². The summed E-state index contributed by atoms with van der Waals surface area (Å²) in [4.78, 5) is 8.54. The van der Waals surface area contributed by atoms with E-state index in [4.69, 9.17) is 4.74 Å². The quantitative estimate of drug-likeness (QED) is 0.911. The lowest BCUT2D eigenvalue weighted by atomic mass is 10.1. The number of aryl methyl sites for hydroxylation is 2. The molecule has 0 aliphatic heterocycles. The van der Waals surface area contributed by atoms with Gasteiger partial charge in [0.15, 0.2) is 17.5 Å². The van der Waals surface area contributed by atoms with Gasteiger partial charge in [-0.25, -0.2) is 14.4 Å². The Morgan fingerprint density at radius 1 is 1.24 bits per heavy atom. The second-order valence-electron chi connectivity index (χ2n) is 4.91. The van der Waals surface area contributed by atoms with Crippen LogP contribution in [0.3, 0.4) is 0 Å². The Labute approximate surface area is 124 Å². The van der Waals surface area contributed by atoms with Gasteiger partial charge in [-0.3, -0.25) is 0 Å². The first-order valence-electron chi connectivity index (χ1n) is 6.99. The smallest absolute Gasteiger partial charge is 0.186 e. The van der Waals surface area contributed by atoms with Crippen LogP contribution in [0.4, 0.5) is 10.2 Å². The second kappa shape index (κ2) is 6.52. The molecule has 5 heteroatoms. The molecule has 0 saturated carbocycles. The van der Waals surface area contributed by atoms with Crippen LogP contribution in [0.25, 0.3) is 11.4 Å². The summed E-state index contributed by atoms with van der Waals surface area (Å²) in [5.74, 6) is 1.19. The number of hydrogen-bond acceptors (Lipinski definition) is 4. The van der Waals surface area contributed by atoms with Gasteiger partial charge in [0, 0.05) is 12.1 Å². The van der Waals surface area contributed by atoms with Crippen LogP contribution in [-0.2, 0) is 0 Å². The van der Waals surface area contributed by atoms with Crippen LogP contribution in [0.1, 0.15) is 24.6 Å². The molecule has 0 saturated heterocycles. The van der Waals surface area contributed by atoms with Crippen molar-refractivity contribution in [3.05, 3.63) is 35.3 Å². The summed E-state index contributed by atoms with van der Waals surface area (Å²) in [6.45, 7) is 6.30. The molecule has 0 aliphatic rings. The topological polar surface area (TPSA) is 47.0 Å². The summed E-state index contributed by atoms with van der Waals surface area (Å²) in [6, 6.07) is 5.68. The SMILES string of the molecule is CCCNc1nc(-c2ccc(OC)c(C)c2)nc(C)c1F. The summed E-state index contributed by atoms with van der Waals surface area (Å²) in [5, 5.41) is 3.00. The lowest BCUT2D eigenvalue weighted by Gasteiger charge is -2.11. The van der Waals surface area contributed by atoms with Crippen molar-refractivity contribution in [1.82, 2.24) is 9.97 Å². The van der Waals surface area contributed by atoms with E-state index in [-0.39, 0.29) is 5.82 Å². The first kappa shape index (κ1) is 15.2. The number of nitrogens with one attached hydrogen (secondary N) is 1. The van der Waals surface area contributed by atoms with E-state index < -0.39 is 5.82 Å². The van der Waals surface area contributed by atoms with Crippen LogP contribution in [0.15, 0.2) is 18.2 Å². The maximum Gasteiger partial charge on any atom is 0.186 e. The average Bonchev–Trinajstić information content (AvgIpc) is 2.48. The highest BCUT2D eigenvalue weighted by molar-refractivity contribution is 5.61. The Bertz CT molecular complexity index is 644. The fourth-order valence-electron chi connectivity index (χ4n) is 2.07. The maximum absolute atomic E-state index is 14.0. The van der Waals surface area contributed by atoms with Crippen molar-refractivity contribution in [2.45, 2.75) is 27.2 Å². The Hall–Kier alpha value is -2.17. The number of benzene rings is 1.